The van der Waals surface area contributed by atoms with Crippen LogP contribution in [-0.4, -0.2) is 27.7 Å². The number of rotatable bonds is 3. The van der Waals surface area contributed by atoms with Crippen molar-refractivity contribution in [3.05, 3.63) is 29.0 Å². The predicted octanol–water partition coefficient (Wildman–Crippen LogP) is 1.12. The normalized spacial score (nSPS) is 10.3. The van der Waals surface area contributed by atoms with Crippen LogP contribution in [0.25, 0.3) is 0 Å². The summed E-state index contributed by atoms with van der Waals surface area (Å²) in [4.78, 5) is 16.3. The summed E-state index contributed by atoms with van der Waals surface area (Å²) < 4.78 is 6.50. The zero-order valence-corrected chi connectivity index (χ0v) is 9.11. The highest BCUT2D eigenvalue weighted by Crippen LogP contribution is 2.21. The number of ketones is 1. The van der Waals surface area contributed by atoms with Gasteiger partial charge in [-0.2, -0.15) is 5.10 Å². The molecule has 0 unspecified atom stereocenters. The van der Waals surface area contributed by atoms with Gasteiger partial charge in [-0.05, 0) is 6.07 Å². The summed E-state index contributed by atoms with van der Waals surface area (Å²) in [5, 5.41) is 4.51. The Balaban J connectivity index is 2.28. The Morgan fingerprint density at radius 2 is 2.40 bits per heavy atom. The smallest absolute Gasteiger partial charge is 0.273 e. The first kappa shape index (κ1) is 9.85. The van der Waals surface area contributed by atoms with Gasteiger partial charge in [-0.3, -0.25) is 9.48 Å². The Hall–Kier alpha value is -1.69. The maximum atomic E-state index is 11.8. The van der Waals surface area contributed by atoms with E-state index in [4.69, 9.17) is 4.74 Å². The van der Waals surface area contributed by atoms with E-state index in [1.165, 1.54) is 24.6 Å². The topological polar surface area (TPSA) is 57.0 Å². The van der Waals surface area contributed by atoms with Gasteiger partial charge in [0, 0.05) is 13.2 Å². The molecular formula is C9H9N3O2S. The fourth-order valence-corrected chi connectivity index (χ4v) is 1.80. The van der Waals surface area contributed by atoms with Crippen LogP contribution in [0, 0.1) is 0 Å². The Labute approximate surface area is 90.3 Å². The van der Waals surface area contributed by atoms with Crippen molar-refractivity contribution in [2.75, 3.05) is 7.11 Å². The van der Waals surface area contributed by atoms with Gasteiger partial charge in [-0.1, -0.05) is 11.3 Å². The van der Waals surface area contributed by atoms with Gasteiger partial charge >= 0.3 is 0 Å². The van der Waals surface area contributed by atoms with E-state index in [2.05, 4.69) is 10.1 Å². The van der Waals surface area contributed by atoms with Crippen molar-refractivity contribution in [2.45, 2.75) is 0 Å². The summed E-state index contributed by atoms with van der Waals surface area (Å²) in [5.74, 6) is -0.128. The molecule has 0 bridgehead atoms. The number of methoxy groups -OCH3 is 1. The molecule has 15 heavy (non-hydrogen) atoms. The van der Waals surface area contributed by atoms with Gasteiger partial charge in [-0.15, -0.1) is 0 Å². The summed E-state index contributed by atoms with van der Waals surface area (Å²) in [6.45, 7) is 0. The number of thiazole rings is 1. The van der Waals surface area contributed by atoms with Gasteiger partial charge in [0.1, 0.15) is 10.6 Å². The zero-order chi connectivity index (χ0) is 10.8. The van der Waals surface area contributed by atoms with Crippen LogP contribution in [0.4, 0.5) is 0 Å². The van der Waals surface area contributed by atoms with Gasteiger partial charge in [0.25, 0.3) is 5.19 Å². The third-order valence-electron chi connectivity index (χ3n) is 1.83. The first-order chi connectivity index (χ1) is 7.20. The lowest BCUT2D eigenvalue weighted by Gasteiger charge is -1.90. The van der Waals surface area contributed by atoms with E-state index in [0.717, 1.165) is 0 Å². The molecule has 6 heteroatoms. The fourth-order valence-electron chi connectivity index (χ4n) is 1.12. The molecular weight excluding hydrogens is 214 g/mol. The maximum absolute atomic E-state index is 11.8. The number of ether oxygens (including phenoxy) is 1. The largest absolute Gasteiger partial charge is 0.473 e. The van der Waals surface area contributed by atoms with Crippen LogP contribution in [0.2, 0.25) is 0 Å². The monoisotopic (exact) mass is 223 g/mol. The molecule has 0 saturated heterocycles. The summed E-state index contributed by atoms with van der Waals surface area (Å²) in [5.41, 5.74) is 0.420. The number of carbonyl (C=O) groups excluding carboxylic acids is 1. The Bertz CT molecular complexity index is 489. The van der Waals surface area contributed by atoms with Crippen molar-refractivity contribution in [2.24, 2.45) is 7.05 Å². The van der Waals surface area contributed by atoms with Crippen LogP contribution in [0.3, 0.4) is 0 Å². The van der Waals surface area contributed by atoms with Crippen LogP contribution < -0.4 is 4.74 Å². The molecule has 0 atom stereocenters. The molecule has 2 heterocycles. The third-order valence-corrected chi connectivity index (χ3v) is 2.79. The van der Waals surface area contributed by atoms with Gasteiger partial charge in [0.15, 0.2) is 0 Å². The van der Waals surface area contributed by atoms with Crippen LogP contribution in [0.15, 0.2) is 18.5 Å². The second-order valence-electron chi connectivity index (χ2n) is 2.90. The van der Waals surface area contributed by atoms with Crippen molar-refractivity contribution in [1.29, 1.82) is 0 Å². The summed E-state index contributed by atoms with van der Waals surface area (Å²) in [7, 11) is 3.29. The third kappa shape index (κ3) is 1.89. The second-order valence-corrected chi connectivity index (χ2v) is 3.89. The Kier molecular flexibility index (Phi) is 2.51. The summed E-state index contributed by atoms with van der Waals surface area (Å²) >= 11 is 1.21. The molecule has 2 rings (SSSR count). The lowest BCUT2D eigenvalue weighted by Crippen LogP contribution is -2.00. The number of hydrogen-bond acceptors (Lipinski definition) is 5. The van der Waals surface area contributed by atoms with E-state index < -0.39 is 0 Å². The first-order valence-electron chi connectivity index (χ1n) is 4.25. The number of hydrogen-bond donors (Lipinski definition) is 0. The van der Waals surface area contributed by atoms with Crippen LogP contribution in [0.1, 0.15) is 15.4 Å². The predicted molar refractivity (Wildman–Crippen MR) is 55.3 cm³/mol. The number of nitrogens with zero attached hydrogens (tertiary/aromatic N) is 3. The van der Waals surface area contributed by atoms with E-state index in [9.17, 15) is 4.79 Å². The van der Waals surface area contributed by atoms with E-state index in [-0.39, 0.29) is 5.78 Å². The van der Waals surface area contributed by atoms with Crippen molar-refractivity contribution >= 4 is 17.1 Å². The Morgan fingerprint density at radius 1 is 1.60 bits per heavy atom. The standard InChI is InChI=1S/C9H9N3O2S/c1-12-4-3-6(11-12)8(13)7-5-10-9(14-2)15-7/h3-5H,1-2H3. The average Bonchev–Trinajstić information content (AvgIpc) is 2.84. The minimum atomic E-state index is -0.128. The van der Waals surface area contributed by atoms with Crippen molar-refractivity contribution in [1.82, 2.24) is 14.8 Å². The van der Waals surface area contributed by atoms with Gasteiger partial charge in [0.05, 0.1) is 13.3 Å². The molecule has 0 fully saturated rings. The summed E-state index contributed by atoms with van der Waals surface area (Å²) in [6.07, 6.45) is 3.23. The number of carbonyl (C=O) groups is 1. The van der Waals surface area contributed by atoms with Gasteiger partial charge < -0.3 is 4.74 Å². The molecule has 0 radical (unpaired) electrons. The molecule has 78 valence electrons. The minimum Gasteiger partial charge on any atom is -0.473 e. The molecule has 5 nitrogen and oxygen atoms in total. The average molecular weight is 223 g/mol. The lowest BCUT2D eigenvalue weighted by atomic mass is 10.3. The highest BCUT2D eigenvalue weighted by molar-refractivity contribution is 7.15. The van der Waals surface area contributed by atoms with E-state index in [1.807, 2.05) is 0 Å². The second kappa shape index (κ2) is 3.82. The highest BCUT2D eigenvalue weighted by atomic mass is 32.1. The molecule has 0 aromatic carbocycles. The minimum absolute atomic E-state index is 0.128. The SMILES string of the molecule is COc1ncc(C(=O)c2ccn(C)n2)s1. The lowest BCUT2D eigenvalue weighted by molar-refractivity contribution is 0.103. The van der Waals surface area contributed by atoms with Crippen molar-refractivity contribution < 1.29 is 9.53 Å². The summed E-state index contributed by atoms with van der Waals surface area (Å²) in [6, 6.07) is 1.68. The molecule has 2 aromatic rings. The van der Waals surface area contributed by atoms with Crippen LogP contribution >= 0.6 is 11.3 Å². The van der Waals surface area contributed by atoms with Gasteiger partial charge in [0.2, 0.25) is 5.78 Å². The molecule has 0 aliphatic heterocycles. The van der Waals surface area contributed by atoms with E-state index in [1.54, 1.807) is 24.0 Å². The molecule has 2 aromatic heterocycles. The van der Waals surface area contributed by atoms with Crippen LogP contribution in [-0.2, 0) is 7.05 Å². The first-order valence-corrected chi connectivity index (χ1v) is 5.06. The molecule has 0 aliphatic rings. The highest BCUT2D eigenvalue weighted by Gasteiger charge is 2.15. The fraction of sp³-hybridized carbons (Fsp3) is 0.222. The van der Waals surface area contributed by atoms with E-state index >= 15 is 0 Å². The number of aromatic nitrogens is 3. The molecule has 0 saturated carbocycles. The molecule has 0 spiro atoms. The zero-order valence-electron chi connectivity index (χ0n) is 8.30. The van der Waals surface area contributed by atoms with E-state index in [0.29, 0.717) is 15.8 Å². The van der Waals surface area contributed by atoms with Crippen molar-refractivity contribution in [3.8, 4) is 5.19 Å². The number of aryl methyl sites for hydroxylation is 1. The quantitative estimate of drug-likeness (QED) is 0.731. The van der Waals surface area contributed by atoms with Gasteiger partial charge in [-0.25, -0.2) is 4.98 Å². The van der Waals surface area contributed by atoms with Crippen LogP contribution in [0.5, 0.6) is 5.19 Å². The Morgan fingerprint density at radius 3 is 2.93 bits per heavy atom. The molecule has 0 amide bonds. The molecule has 0 N–H and O–H groups in total. The maximum Gasteiger partial charge on any atom is 0.273 e. The molecule has 0 aliphatic carbocycles. The van der Waals surface area contributed by atoms with Crippen molar-refractivity contribution in [3.63, 3.8) is 0 Å².